The second-order valence-electron chi connectivity index (χ2n) is 6.40. The molecular formula is C20H17Br2FO. The molecule has 2 aromatic carbocycles. The Labute approximate surface area is 158 Å². The van der Waals surface area contributed by atoms with E-state index >= 15 is 0 Å². The molecular weight excluding hydrogens is 435 g/mol. The normalized spacial score (nSPS) is 19.7. The summed E-state index contributed by atoms with van der Waals surface area (Å²) in [5, 5.41) is 0. The van der Waals surface area contributed by atoms with Crippen molar-refractivity contribution >= 4 is 31.9 Å². The van der Waals surface area contributed by atoms with E-state index in [1.165, 1.54) is 0 Å². The van der Waals surface area contributed by atoms with Gasteiger partial charge < -0.3 is 4.74 Å². The van der Waals surface area contributed by atoms with Gasteiger partial charge in [-0.25, -0.2) is 4.39 Å². The van der Waals surface area contributed by atoms with Gasteiger partial charge in [0.2, 0.25) is 0 Å². The number of hydrogen-bond acceptors (Lipinski definition) is 1. The van der Waals surface area contributed by atoms with Gasteiger partial charge in [-0.3, -0.25) is 0 Å². The molecule has 0 fully saturated rings. The summed E-state index contributed by atoms with van der Waals surface area (Å²) in [5.41, 5.74) is 0.458. The zero-order chi connectivity index (χ0) is 17.3. The van der Waals surface area contributed by atoms with Crippen LogP contribution in [0.2, 0.25) is 0 Å². The predicted molar refractivity (Wildman–Crippen MR) is 102 cm³/mol. The van der Waals surface area contributed by atoms with E-state index < -0.39 is 5.67 Å². The van der Waals surface area contributed by atoms with Gasteiger partial charge in [0.15, 0.2) is 0 Å². The molecule has 0 saturated heterocycles. The minimum atomic E-state index is -1.39. The van der Waals surface area contributed by atoms with Gasteiger partial charge in [-0.05, 0) is 54.0 Å². The van der Waals surface area contributed by atoms with E-state index in [1.54, 1.807) is 13.8 Å². The molecule has 0 amide bonds. The van der Waals surface area contributed by atoms with Crippen LogP contribution in [-0.4, -0.2) is 12.3 Å². The van der Waals surface area contributed by atoms with E-state index in [1.807, 2.05) is 42.5 Å². The number of ether oxygens (including phenoxy) is 1. The smallest absolute Gasteiger partial charge is 0.138 e. The van der Waals surface area contributed by atoms with Gasteiger partial charge in [-0.15, -0.1) is 0 Å². The number of alkyl halides is 1. The summed E-state index contributed by atoms with van der Waals surface area (Å²) in [5.74, 6) is 6.68. The lowest BCUT2D eigenvalue weighted by molar-refractivity contribution is 0.0602. The molecule has 3 rings (SSSR count). The summed E-state index contributed by atoms with van der Waals surface area (Å²) in [6.07, 6.45) is 0. The molecule has 124 valence electrons. The highest BCUT2D eigenvalue weighted by atomic mass is 79.9. The molecule has 0 N–H and O–H groups in total. The molecule has 0 saturated carbocycles. The first-order valence-electron chi connectivity index (χ1n) is 7.73. The maximum atomic E-state index is 14.8. The van der Waals surface area contributed by atoms with Crippen LogP contribution >= 0.6 is 31.9 Å². The van der Waals surface area contributed by atoms with E-state index in [2.05, 4.69) is 43.7 Å². The number of fused-ring (bicyclic) bond motifs is 1. The molecule has 1 aliphatic heterocycles. The van der Waals surface area contributed by atoms with Gasteiger partial charge in [0.05, 0.1) is 17.0 Å². The summed E-state index contributed by atoms with van der Waals surface area (Å²) in [4.78, 5) is 0. The first kappa shape index (κ1) is 17.5. The Morgan fingerprint density at radius 3 is 2.54 bits per heavy atom. The Morgan fingerprint density at radius 2 is 1.88 bits per heavy atom. The number of benzene rings is 2. The highest BCUT2D eigenvalue weighted by molar-refractivity contribution is 9.11. The molecule has 24 heavy (non-hydrogen) atoms. The van der Waals surface area contributed by atoms with Gasteiger partial charge >= 0.3 is 0 Å². The first-order valence-corrected chi connectivity index (χ1v) is 9.32. The quantitative estimate of drug-likeness (QED) is 0.475. The molecule has 1 heterocycles. The van der Waals surface area contributed by atoms with Crippen LogP contribution in [-0.2, 0) is 0 Å². The zero-order valence-corrected chi connectivity index (χ0v) is 16.6. The van der Waals surface area contributed by atoms with E-state index in [4.69, 9.17) is 4.74 Å². The van der Waals surface area contributed by atoms with Crippen LogP contribution in [0.15, 0.2) is 51.4 Å². The Balaban J connectivity index is 2.10. The van der Waals surface area contributed by atoms with Gasteiger partial charge in [-0.2, -0.15) is 0 Å². The summed E-state index contributed by atoms with van der Waals surface area (Å²) < 4.78 is 22.4. The Kier molecular flexibility index (Phi) is 5.03. The van der Waals surface area contributed by atoms with Crippen LogP contribution in [0, 0.1) is 17.8 Å². The van der Waals surface area contributed by atoms with Gasteiger partial charge in [0, 0.05) is 21.5 Å². The van der Waals surface area contributed by atoms with Crippen molar-refractivity contribution in [3.63, 3.8) is 0 Å². The van der Waals surface area contributed by atoms with Crippen LogP contribution in [0.5, 0.6) is 5.75 Å². The SMILES string of the molecule is CC(C)(F)C1COc2c(Br)cc(Br)cc2C1C#Cc1ccccc1. The summed E-state index contributed by atoms with van der Waals surface area (Å²) in [6.45, 7) is 3.50. The summed E-state index contributed by atoms with van der Waals surface area (Å²) in [6, 6.07) is 13.7. The van der Waals surface area contributed by atoms with Crippen molar-refractivity contribution in [1.82, 2.24) is 0 Å². The molecule has 1 aliphatic rings. The summed E-state index contributed by atoms with van der Waals surface area (Å²) >= 11 is 7.04. The van der Waals surface area contributed by atoms with Crippen LogP contribution in [0.3, 0.4) is 0 Å². The molecule has 0 aliphatic carbocycles. The van der Waals surface area contributed by atoms with Crippen molar-refractivity contribution in [1.29, 1.82) is 0 Å². The average Bonchev–Trinajstić information content (AvgIpc) is 2.52. The molecule has 2 unspecified atom stereocenters. The number of hydrogen-bond donors (Lipinski definition) is 0. The van der Waals surface area contributed by atoms with Crippen LogP contribution in [0.25, 0.3) is 0 Å². The largest absolute Gasteiger partial charge is 0.492 e. The van der Waals surface area contributed by atoms with Crippen molar-refractivity contribution in [2.45, 2.75) is 25.4 Å². The Bertz CT molecular complexity index is 800. The van der Waals surface area contributed by atoms with Gasteiger partial charge in [0.25, 0.3) is 0 Å². The molecule has 0 aromatic heterocycles. The molecule has 0 bridgehead atoms. The second-order valence-corrected chi connectivity index (χ2v) is 8.17. The third kappa shape index (κ3) is 3.68. The lowest BCUT2D eigenvalue weighted by Gasteiger charge is -2.36. The average molecular weight is 452 g/mol. The third-order valence-corrected chi connectivity index (χ3v) is 5.26. The minimum absolute atomic E-state index is 0.234. The minimum Gasteiger partial charge on any atom is -0.492 e. The predicted octanol–water partition coefficient (Wildman–Crippen LogP) is 6.10. The third-order valence-electron chi connectivity index (χ3n) is 4.21. The fourth-order valence-electron chi connectivity index (χ4n) is 2.91. The van der Waals surface area contributed by atoms with Crippen LogP contribution in [0.4, 0.5) is 4.39 Å². The maximum absolute atomic E-state index is 14.8. The topological polar surface area (TPSA) is 9.23 Å². The number of halogens is 3. The van der Waals surface area contributed by atoms with E-state index in [0.29, 0.717) is 6.61 Å². The highest BCUT2D eigenvalue weighted by Gasteiger charge is 2.41. The van der Waals surface area contributed by atoms with E-state index in [0.717, 1.165) is 25.8 Å². The molecule has 1 nitrogen and oxygen atoms in total. The van der Waals surface area contributed by atoms with Crippen LogP contribution in [0.1, 0.15) is 30.9 Å². The Hall–Kier alpha value is -1.31. The molecule has 2 aromatic rings. The monoisotopic (exact) mass is 450 g/mol. The molecule has 0 radical (unpaired) electrons. The van der Waals surface area contributed by atoms with Gasteiger partial charge in [-0.1, -0.05) is 46.0 Å². The summed E-state index contributed by atoms with van der Waals surface area (Å²) in [7, 11) is 0. The standard InChI is InChI=1S/C20H17Br2FO/c1-20(2,23)17-12-24-19-16(10-14(21)11-18(19)22)15(17)9-8-13-6-4-3-5-7-13/h3-7,10-11,15,17H,12H2,1-2H3. The van der Waals surface area contributed by atoms with Crippen molar-refractivity contribution < 1.29 is 9.13 Å². The lowest BCUT2D eigenvalue weighted by atomic mass is 9.76. The molecule has 2 atom stereocenters. The van der Waals surface area contributed by atoms with Crippen molar-refractivity contribution in [3.8, 4) is 17.6 Å². The van der Waals surface area contributed by atoms with E-state index in [9.17, 15) is 4.39 Å². The van der Waals surface area contributed by atoms with Gasteiger partial charge in [0.1, 0.15) is 11.4 Å². The van der Waals surface area contributed by atoms with E-state index in [-0.39, 0.29) is 11.8 Å². The maximum Gasteiger partial charge on any atom is 0.138 e. The molecule has 0 spiro atoms. The van der Waals surface area contributed by atoms with Crippen molar-refractivity contribution in [3.05, 3.63) is 62.5 Å². The Morgan fingerprint density at radius 1 is 1.17 bits per heavy atom. The fraction of sp³-hybridized carbons (Fsp3) is 0.300. The molecule has 4 heteroatoms. The first-order chi connectivity index (χ1) is 11.4. The fourth-order valence-corrected chi connectivity index (χ4v) is 4.28. The second kappa shape index (κ2) is 6.90. The van der Waals surface area contributed by atoms with Crippen LogP contribution < -0.4 is 4.74 Å². The zero-order valence-electron chi connectivity index (χ0n) is 13.4. The lowest BCUT2D eigenvalue weighted by Crippen LogP contribution is -2.38. The highest BCUT2D eigenvalue weighted by Crippen LogP contribution is 2.46. The number of rotatable bonds is 1. The van der Waals surface area contributed by atoms with Crippen molar-refractivity contribution in [2.75, 3.05) is 6.61 Å². The van der Waals surface area contributed by atoms with Crippen molar-refractivity contribution in [2.24, 2.45) is 5.92 Å².